The van der Waals surface area contributed by atoms with Crippen LogP contribution >= 0.6 is 0 Å². The van der Waals surface area contributed by atoms with E-state index in [9.17, 15) is 13.2 Å². The molecule has 26 heavy (non-hydrogen) atoms. The van der Waals surface area contributed by atoms with Gasteiger partial charge in [-0.2, -0.15) is 0 Å². The molecule has 0 saturated heterocycles. The lowest BCUT2D eigenvalue weighted by Gasteiger charge is -2.22. The smallest absolute Gasteiger partial charge is 0.254 e. The summed E-state index contributed by atoms with van der Waals surface area (Å²) in [6, 6.07) is 12.6. The zero-order valence-electron chi connectivity index (χ0n) is 15.4. The first kappa shape index (κ1) is 19.8. The largest absolute Gasteiger partial charge is 0.497 e. The molecule has 0 saturated carbocycles. The number of benzene rings is 2. The molecule has 0 fully saturated rings. The van der Waals surface area contributed by atoms with Crippen LogP contribution in [0.15, 0.2) is 42.5 Å². The number of rotatable bonds is 7. The van der Waals surface area contributed by atoms with Crippen LogP contribution in [-0.4, -0.2) is 39.1 Å². The molecule has 2 rings (SSSR count). The highest BCUT2D eigenvalue weighted by molar-refractivity contribution is 7.92. The summed E-state index contributed by atoms with van der Waals surface area (Å²) in [5, 5.41) is 0. The standard InChI is InChI=1S/C19H24N2O4S/c1-5-21(13-15-7-10-17(25-3)11-8-15)19(22)16-9-6-14(2)18(12-16)20-26(4,23)24/h6-12,20H,5,13H2,1-4H3. The van der Waals surface area contributed by atoms with Gasteiger partial charge in [-0.25, -0.2) is 8.42 Å². The maximum Gasteiger partial charge on any atom is 0.254 e. The Hall–Kier alpha value is -2.54. The van der Waals surface area contributed by atoms with E-state index in [2.05, 4.69) is 4.72 Å². The molecule has 0 bridgehead atoms. The van der Waals surface area contributed by atoms with Crippen LogP contribution in [0.25, 0.3) is 0 Å². The maximum absolute atomic E-state index is 12.9. The first-order chi connectivity index (χ1) is 12.2. The number of sulfonamides is 1. The van der Waals surface area contributed by atoms with Gasteiger partial charge in [0.25, 0.3) is 5.91 Å². The van der Waals surface area contributed by atoms with Gasteiger partial charge in [-0.1, -0.05) is 18.2 Å². The molecule has 0 spiro atoms. The second-order valence-corrected chi connectivity index (χ2v) is 7.82. The predicted octanol–water partition coefficient (Wildman–Crippen LogP) is 3.04. The highest BCUT2D eigenvalue weighted by Gasteiger charge is 2.16. The molecule has 1 N–H and O–H groups in total. The van der Waals surface area contributed by atoms with Gasteiger partial charge in [0.05, 0.1) is 19.1 Å². The van der Waals surface area contributed by atoms with Crippen LogP contribution in [-0.2, 0) is 16.6 Å². The minimum absolute atomic E-state index is 0.153. The maximum atomic E-state index is 12.9. The number of nitrogens with zero attached hydrogens (tertiary/aromatic N) is 1. The Morgan fingerprint density at radius 1 is 1.15 bits per heavy atom. The van der Waals surface area contributed by atoms with E-state index in [0.717, 1.165) is 23.1 Å². The first-order valence-electron chi connectivity index (χ1n) is 8.24. The van der Waals surface area contributed by atoms with E-state index >= 15 is 0 Å². The fourth-order valence-corrected chi connectivity index (χ4v) is 3.15. The van der Waals surface area contributed by atoms with E-state index in [1.165, 1.54) is 0 Å². The van der Waals surface area contributed by atoms with Gasteiger partial charge in [0.2, 0.25) is 10.0 Å². The van der Waals surface area contributed by atoms with E-state index in [0.29, 0.717) is 24.3 Å². The predicted molar refractivity (Wildman–Crippen MR) is 103 cm³/mol. The lowest BCUT2D eigenvalue weighted by Crippen LogP contribution is -2.30. The van der Waals surface area contributed by atoms with Crippen molar-refractivity contribution in [2.24, 2.45) is 0 Å². The number of anilines is 1. The van der Waals surface area contributed by atoms with Crippen molar-refractivity contribution < 1.29 is 17.9 Å². The molecule has 0 aliphatic rings. The molecule has 0 atom stereocenters. The second kappa shape index (κ2) is 8.23. The third-order valence-corrected chi connectivity index (χ3v) is 4.57. The number of amides is 1. The Balaban J connectivity index is 2.22. The molecule has 2 aromatic rings. The van der Waals surface area contributed by atoms with E-state index in [1.54, 1.807) is 37.1 Å². The van der Waals surface area contributed by atoms with Crippen molar-refractivity contribution in [3.8, 4) is 5.75 Å². The molecule has 7 heteroatoms. The van der Waals surface area contributed by atoms with Crippen LogP contribution in [0, 0.1) is 6.92 Å². The molecule has 0 unspecified atom stereocenters. The highest BCUT2D eigenvalue weighted by Crippen LogP contribution is 2.20. The molecule has 140 valence electrons. The van der Waals surface area contributed by atoms with Crippen molar-refractivity contribution in [2.45, 2.75) is 20.4 Å². The van der Waals surface area contributed by atoms with Gasteiger partial charge in [-0.05, 0) is 49.2 Å². The number of carbonyl (C=O) groups excluding carboxylic acids is 1. The third kappa shape index (κ3) is 5.23. The van der Waals surface area contributed by atoms with Crippen LogP contribution in [0.1, 0.15) is 28.4 Å². The number of nitrogens with one attached hydrogen (secondary N) is 1. The van der Waals surface area contributed by atoms with Gasteiger partial charge in [-0.15, -0.1) is 0 Å². The van der Waals surface area contributed by atoms with Crippen molar-refractivity contribution >= 4 is 21.6 Å². The average Bonchev–Trinajstić information content (AvgIpc) is 2.60. The van der Waals surface area contributed by atoms with Gasteiger partial charge >= 0.3 is 0 Å². The van der Waals surface area contributed by atoms with Gasteiger partial charge in [0, 0.05) is 18.7 Å². The van der Waals surface area contributed by atoms with E-state index in [-0.39, 0.29) is 5.91 Å². The molecular weight excluding hydrogens is 352 g/mol. The Morgan fingerprint density at radius 3 is 2.35 bits per heavy atom. The van der Waals surface area contributed by atoms with E-state index in [1.807, 2.05) is 31.2 Å². The van der Waals surface area contributed by atoms with E-state index in [4.69, 9.17) is 4.74 Å². The minimum atomic E-state index is -3.41. The number of aryl methyl sites for hydroxylation is 1. The summed E-state index contributed by atoms with van der Waals surface area (Å²) in [7, 11) is -1.80. The monoisotopic (exact) mass is 376 g/mol. The number of hydrogen-bond donors (Lipinski definition) is 1. The van der Waals surface area contributed by atoms with Gasteiger partial charge < -0.3 is 9.64 Å². The number of hydrogen-bond acceptors (Lipinski definition) is 4. The van der Waals surface area contributed by atoms with Crippen molar-refractivity contribution in [2.75, 3.05) is 24.6 Å². The lowest BCUT2D eigenvalue weighted by molar-refractivity contribution is 0.0752. The zero-order chi connectivity index (χ0) is 19.3. The van der Waals surface area contributed by atoms with Gasteiger partial charge in [0.1, 0.15) is 5.75 Å². The summed E-state index contributed by atoms with van der Waals surface area (Å²) in [5.74, 6) is 0.609. The Kier molecular flexibility index (Phi) is 6.26. The van der Waals surface area contributed by atoms with Crippen LogP contribution in [0.2, 0.25) is 0 Å². The SMILES string of the molecule is CCN(Cc1ccc(OC)cc1)C(=O)c1ccc(C)c(NS(C)(=O)=O)c1. The molecule has 1 amide bonds. The molecule has 6 nitrogen and oxygen atoms in total. The molecule has 0 radical (unpaired) electrons. The molecular formula is C19H24N2O4S. The van der Waals surface area contributed by atoms with Crippen molar-refractivity contribution in [3.05, 3.63) is 59.2 Å². The summed E-state index contributed by atoms with van der Waals surface area (Å²) in [4.78, 5) is 14.6. The Bertz CT molecular complexity index is 877. The quantitative estimate of drug-likeness (QED) is 0.806. The van der Waals surface area contributed by atoms with Crippen LogP contribution < -0.4 is 9.46 Å². The summed E-state index contributed by atoms with van der Waals surface area (Å²) in [5.41, 5.74) is 2.60. The summed E-state index contributed by atoms with van der Waals surface area (Å²) < 4.78 is 30.6. The Labute approximate surface area is 154 Å². The van der Waals surface area contributed by atoms with Crippen molar-refractivity contribution in [1.29, 1.82) is 0 Å². The summed E-state index contributed by atoms with van der Waals surface area (Å²) >= 11 is 0. The van der Waals surface area contributed by atoms with Crippen molar-refractivity contribution in [3.63, 3.8) is 0 Å². The Morgan fingerprint density at radius 2 is 1.81 bits per heavy atom. The lowest BCUT2D eigenvalue weighted by atomic mass is 10.1. The fourth-order valence-electron chi connectivity index (χ4n) is 2.53. The number of ether oxygens (including phenoxy) is 1. The highest BCUT2D eigenvalue weighted by atomic mass is 32.2. The fraction of sp³-hybridized carbons (Fsp3) is 0.316. The number of methoxy groups -OCH3 is 1. The van der Waals surface area contributed by atoms with Crippen molar-refractivity contribution in [1.82, 2.24) is 4.90 Å². The average molecular weight is 376 g/mol. The topological polar surface area (TPSA) is 75.7 Å². The molecule has 0 aromatic heterocycles. The van der Waals surface area contributed by atoms with Gasteiger partial charge in [0.15, 0.2) is 0 Å². The first-order valence-corrected chi connectivity index (χ1v) is 10.1. The zero-order valence-corrected chi connectivity index (χ0v) is 16.3. The third-order valence-electron chi connectivity index (χ3n) is 3.98. The van der Waals surface area contributed by atoms with Gasteiger partial charge in [-0.3, -0.25) is 9.52 Å². The van der Waals surface area contributed by atoms with E-state index < -0.39 is 10.0 Å². The van der Waals surface area contributed by atoms with Crippen LogP contribution in [0.5, 0.6) is 5.75 Å². The van der Waals surface area contributed by atoms with Crippen LogP contribution in [0.4, 0.5) is 5.69 Å². The number of carbonyl (C=O) groups is 1. The molecule has 0 aliphatic heterocycles. The molecule has 0 heterocycles. The molecule has 2 aromatic carbocycles. The minimum Gasteiger partial charge on any atom is -0.497 e. The second-order valence-electron chi connectivity index (χ2n) is 6.07. The summed E-state index contributed by atoms with van der Waals surface area (Å²) in [6.07, 6.45) is 1.09. The summed E-state index contributed by atoms with van der Waals surface area (Å²) in [6.45, 7) is 4.69. The normalized spacial score (nSPS) is 11.1. The molecule has 0 aliphatic carbocycles. The van der Waals surface area contributed by atoms with Crippen LogP contribution in [0.3, 0.4) is 0 Å².